The number of carbonyl (C=O) groups is 1. The van der Waals surface area contributed by atoms with Crippen LogP contribution in [0, 0.1) is 10.1 Å². The minimum Gasteiger partial charge on any atom is -0.726 e. The quantitative estimate of drug-likeness (QED) is 0.117. The largest absolute Gasteiger partial charge is 0.726 e. The highest BCUT2D eigenvalue weighted by atomic mass is 32.3. The molecule has 1 amide bonds. The fourth-order valence-electron chi connectivity index (χ4n) is 3.71. The van der Waals surface area contributed by atoms with E-state index in [2.05, 4.69) is 9.50 Å². The molecule has 1 aromatic heterocycles. The summed E-state index contributed by atoms with van der Waals surface area (Å²) in [5.41, 5.74) is 2.92. The van der Waals surface area contributed by atoms with E-state index in [1.54, 1.807) is 18.2 Å². The van der Waals surface area contributed by atoms with Gasteiger partial charge in [0.1, 0.15) is 12.6 Å². The number of hydrogen-bond acceptors (Lipinski definition) is 7. The molecule has 0 atom stereocenters. The molecule has 0 radical (unpaired) electrons. The zero-order valence-corrected chi connectivity index (χ0v) is 19.3. The van der Waals surface area contributed by atoms with Gasteiger partial charge in [-0.3, -0.25) is 19.1 Å². The normalized spacial score (nSPS) is 11.1. The van der Waals surface area contributed by atoms with Gasteiger partial charge < -0.3 is 9.87 Å². The Bertz CT molecular complexity index is 1520. The molecule has 0 fully saturated rings. The number of nitro benzene ring substituents is 1. The molecule has 0 saturated carbocycles. The highest BCUT2D eigenvalue weighted by Crippen LogP contribution is 2.36. The summed E-state index contributed by atoms with van der Waals surface area (Å²) < 4.78 is 33.0. The predicted octanol–water partition coefficient (Wildman–Crippen LogP) is 3.44. The summed E-state index contributed by atoms with van der Waals surface area (Å²) in [5, 5.41) is 17.3. The summed E-state index contributed by atoms with van der Waals surface area (Å²) in [6.45, 7) is 1.45. The van der Waals surface area contributed by atoms with Gasteiger partial charge in [0.05, 0.1) is 22.8 Å². The molecule has 0 unspecified atom stereocenters. The molecule has 1 N–H and O–H groups in total. The lowest BCUT2D eigenvalue weighted by Crippen LogP contribution is -2.32. The first kappa shape index (κ1) is 24.7. The van der Waals surface area contributed by atoms with E-state index >= 15 is 0 Å². The highest BCUT2D eigenvalue weighted by Gasteiger charge is 2.26. The number of nitrogens with zero attached hydrogens (tertiary/aromatic N) is 2. The minimum absolute atomic E-state index is 0.0413. The number of pyridine rings is 1. The number of hydrogen-bond donors (Lipinski definition) is 1. The summed E-state index contributed by atoms with van der Waals surface area (Å²) in [6, 6.07) is 20.3. The molecule has 0 bridgehead atoms. The first-order valence-electron chi connectivity index (χ1n) is 9.90. The Hall–Kier alpha value is -3.93. The molecule has 0 aliphatic heterocycles. The van der Waals surface area contributed by atoms with Crippen LogP contribution in [0.1, 0.15) is 6.92 Å². The molecule has 0 saturated heterocycles. The molecule has 4 rings (SSSR count). The van der Waals surface area contributed by atoms with Crippen molar-refractivity contribution >= 4 is 49.4 Å². The van der Waals surface area contributed by atoms with Gasteiger partial charge in [0, 0.05) is 30.1 Å². The summed E-state index contributed by atoms with van der Waals surface area (Å²) in [7, 11) is -1.70. The standard InChI is InChI=1S/C22H17N3O3.CH4O4S/c1-14(26)23-15-11-12-16-17-7-3-5-9-20(17)24(2)22(19(16)13-15)18-8-4-6-10-21(18)25(27)28;1-5-6(2,3)4/h3-13H,1-2H3;1H3,(H,2,3,4). The number of amides is 1. The van der Waals surface area contributed by atoms with E-state index in [1.165, 1.54) is 13.0 Å². The van der Waals surface area contributed by atoms with Gasteiger partial charge in [0.25, 0.3) is 5.69 Å². The Morgan fingerprint density at radius 3 is 2.24 bits per heavy atom. The number of para-hydroxylation sites is 2. The summed E-state index contributed by atoms with van der Waals surface area (Å²) in [4.78, 5) is 22.8. The van der Waals surface area contributed by atoms with Crippen LogP contribution in [0.15, 0.2) is 66.7 Å². The molecule has 4 aromatic rings. The molecule has 176 valence electrons. The van der Waals surface area contributed by atoms with Gasteiger partial charge >= 0.3 is 0 Å². The lowest BCUT2D eigenvalue weighted by molar-refractivity contribution is -0.632. The smallest absolute Gasteiger partial charge is 0.283 e. The summed E-state index contributed by atoms with van der Waals surface area (Å²) >= 11 is 0. The second-order valence-corrected chi connectivity index (χ2v) is 8.37. The van der Waals surface area contributed by atoms with Gasteiger partial charge in [0.2, 0.25) is 27.5 Å². The Morgan fingerprint density at radius 2 is 1.62 bits per heavy atom. The molecule has 0 spiro atoms. The molecule has 0 aliphatic rings. The average Bonchev–Trinajstić information content (AvgIpc) is 2.79. The van der Waals surface area contributed by atoms with Gasteiger partial charge in [-0.15, -0.1) is 0 Å². The molecule has 0 aliphatic carbocycles. The molecule has 11 heteroatoms. The Labute approximate surface area is 195 Å². The van der Waals surface area contributed by atoms with Crippen molar-refractivity contribution in [2.75, 3.05) is 12.4 Å². The molecule has 1 heterocycles. The first-order valence-corrected chi connectivity index (χ1v) is 11.2. The second-order valence-electron chi connectivity index (χ2n) is 7.22. The average molecular weight is 484 g/mol. The molecular formula is C23H21N3O7S. The van der Waals surface area contributed by atoms with E-state index in [9.17, 15) is 27.9 Å². The Kier molecular flexibility index (Phi) is 7.20. The van der Waals surface area contributed by atoms with E-state index in [0.717, 1.165) is 34.5 Å². The van der Waals surface area contributed by atoms with Gasteiger partial charge in [-0.1, -0.05) is 30.3 Å². The zero-order valence-electron chi connectivity index (χ0n) is 18.5. The number of anilines is 1. The van der Waals surface area contributed by atoms with Crippen LogP contribution in [0.5, 0.6) is 0 Å². The van der Waals surface area contributed by atoms with Crippen molar-refractivity contribution in [3.63, 3.8) is 0 Å². The van der Waals surface area contributed by atoms with Crippen LogP contribution in [0.2, 0.25) is 0 Å². The van der Waals surface area contributed by atoms with Crippen LogP contribution in [0.3, 0.4) is 0 Å². The van der Waals surface area contributed by atoms with Gasteiger partial charge in [-0.05, 0) is 24.3 Å². The minimum atomic E-state index is -4.41. The van der Waals surface area contributed by atoms with Crippen molar-refractivity contribution in [3.05, 3.63) is 76.8 Å². The number of aryl methyl sites for hydroxylation is 1. The van der Waals surface area contributed by atoms with E-state index in [0.29, 0.717) is 11.3 Å². The van der Waals surface area contributed by atoms with Crippen LogP contribution < -0.4 is 9.88 Å². The second kappa shape index (κ2) is 9.91. The van der Waals surface area contributed by atoms with Crippen molar-refractivity contribution in [3.8, 4) is 11.3 Å². The number of carbonyl (C=O) groups excluding carboxylic acids is 1. The maximum atomic E-state index is 11.7. The zero-order chi connectivity index (χ0) is 25.0. The molecule has 10 nitrogen and oxygen atoms in total. The predicted molar refractivity (Wildman–Crippen MR) is 126 cm³/mol. The number of fused-ring (bicyclic) bond motifs is 3. The van der Waals surface area contributed by atoms with Gasteiger partial charge in [0.15, 0.2) is 0 Å². The maximum absolute atomic E-state index is 11.7. The van der Waals surface area contributed by atoms with Crippen molar-refractivity contribution in [2.24, 2.45) is 7.05 Å². The molecular weight excluding hydrogens is 462 g/mol. The van der Waals surface area contributed by atoms with Gasteiger partial charge in [-0.25, -0.2) is 8.42 Å². The van der Waals surface area contributed by atoms with Crippen molar-refractivity contribution in [1.82, 2.24) is 0 Å². The summed E-state index contributed by atoms with van der Waals surface area (Å²) in [5.74, 6) is -0.170. The van der Waals surface area contributed by atoms with E-state index in [4.69, 9.17) is 0 Å². The number of nitro groups is 1. The van der Waals surface area contributed by atoms with Crippen LogP contribution in [0.4, 0.5) is 11.4 Å². The van der Waals surface area contributed by atoms with E-state index in [1.807, 2.05) is 54.1 Å². The fraction of sp³-hybridized carbons (Fsp3) is 0.130. The SMILES string of the molecule is CC(=O)Nc1ccc2c(c1)c(-c1ccccc1[N+](=O)[O-])[n+](C)c1ccccc21.COS(=O)(=O)[O-]. The third-order valence-electron chi connectivity index (χ3n) is 5.05. The third-order valence-corrected chi connectivity index (χ3v) is 5.45. The number of aromatic nitrogens is 1. The van der Waals surface area contributed by atoms with Crippen molar-refractivity contribution < 1.29 is 31.4 Å². The van der Waals surface area contributed by atoms with E-state index in [-0.39, 0.29) is 16.5 Å². The van der Waals surface area contributed by atoms with Crippen LogP contribution in [0.25, 0.3) is 32.9 Å². The number of nitrogens with one attached hydrogen (secondary N) is 1. The Morgan fingerprint density at radius 1 is 1.00 bits per heavy atom. The number of benzene rings is 3. The maximum Gasteiger partial charge on any atom is 0.283 e. The lowest BCUT2D eigenvalue weighted by Gasteiger charge is -2.11. The van der Waals surface area contributed by atoms with Crippen LogP contribution >= 0.6 is 0 Å². The fourth-order valence-corrected chi connectivity index (χ4v) is 3.71. The van der Waals surface area contributed by atoms with Crippen molar-refractivity contribution in [2.45, 2.75) is 6.92 Å². The first-order chi connectivity index (χ1) is 16.0. The summed E-state index contributed by atoms with van der Waals surface area (Å²) in [6.07, 6.45) is 0. The van der Waals surface area contributed by atoms with Crippen molar-refractivity contribution in [1.29, 1.82) is 0 Å². The third kappa shape index (κ3) is 5.34. The lowest BCUT2D eigenvalue weighted by atomic mass is 9.97. The molecule has 34 heavy (non-hydrogen) atoms. The van der Waals surface area contributed by atoms with Crippen LogP contribution in [-0.2, 0) is 26.4 Å². The van der Waals surface area contributed by atoms with Gasteiger partial charge in [-0.2, -0.15) is 4.57 Å². The number of rotatable bonds is 4. The van der Waals surface area contributed by atoms with Crippen LogP contribution in [-0.4, -0.2) is 30.9 Å². The Balaban J connectivity index is 0.000000481. The van der Waals surface area contributed by atoms with E-state index < -0.39 is 10.4 Å². The highest BCUT2D eigenvalue weighted by molar-refractivity contribution is 7.80. The molecule has 3 aromatic carbocycles. The topological polar surface area (TPSA) is 143 Å². The monoisotopic (exact) mass is 483 g/mol.